The lowest BCUT2D eigenvalue weighted by Crippen LogP contribution is -2.40. The molecule has 0 aromatic carbocycles. The van der Waals surface area contributed by atoms with E-state index in [1.807, 2.05) is 0 Å². The van der Waals surface area contributed by atoms with Crippen LogP contribution >= 0.6 is 25.3 Å². The Balaban J connectivity index is 0.000000384. The van der Waals surface area contributed by atoms with Crippen molar-refractivity contribution in [1.29, 1.82) is 0 Å². The van der Waals surface area contributed by atoms with Crippen molar-refractivity contribution < 1.29 is 24.3 Å². The maximum absolute atomic E-state index is 10.9. The van der Waals surface area contributed by atoms with Crippen LogP contribution in [0.2, 0.25) is 0 Å². The molecule has 2 amide bonds. The molecule has 120 valence electrons. The molecule has 7 nitrogen and oxygen atoms in total. The van der Waals surface area contributed by atoms with E-state index >= 15 is 0 Å². The minimum absolute atomic E-state index is 0.0325. The highest BCUT2D eigenvalue weighted by molar-refractivity contribution is 7.96. The summed E-state index contributed by atoms with van der Waals surface area (Å²) < 4.78 is 0. The molecule has 2 atom stereocenters. The summed E-state index contributed by atoms with van der Waals surface area (Å²) in [5.74, 6) is -1.35. The number of hydrogen-bond donors (Lipinski definition) is 4. The molecule has 1 aliphatic rings. The van der Waals surface area contributed by atoms with E-state index < -0.39 is 12.0 Å². The van der Waals surface area contributed by atoms with Crippen molar-refractivity contribution in [2.45, 2.75) is 38.8 Å². The number of carboxylic acid groups (broad SMARTS) is 1. The molecule has 1 saturated heterocycles. The summed E-state index contributed by atoms with van der Waals surface area (Å²) in [4.78, 5) is 43.8. The molecule has 1 heterocycles. The average molecular weight is 336 g/mol. The van der Waals surface area contributed by atoms with Crippen molar-refractivity contribution >= 4 is 48.2 Å². The molecular formula is C12H20N2O5S2. The van der Waals surface area contributed by atoms with Gasteiger partial charge < -0.3 is 15.3 Å². The van der Waals surface area contributed by atoms with Gasteiger partial charge >= 0.3 is 5.97 Å². The van der Waals surface area contributed by atoms with Gasteiger partial charge in [-0.3, -0.25) is 14.4 Å². The molecule has 0 aromatic rings. The number of aliphatic carboxylic acids is 1. The van der Waals surface area contributed by atoms with Gasteiger partial charge in [-0.25, -0.2) is 4.79 Å². The van der Waals surface area contributed by atoms with Crippen LogP contribution in [0, 0.1) is 0 Å². The molecule has 0 unspecified atom stereocenters. The van der Waals surface area contributed by atoms with Crippen molar-refractivity contribution in [2.24, 2.45) is 0 Å². The SMILES string of the molecule is CC(=O)N1CCC[C@H]1C(=O)S.CC(=O)N[C@@H](CS)C(=O)O. The highest BCUT2D eigenvalue weighted by Crippen LogP contribution is 2.18. The van der Waals surface area contributed by atoms with Gasteiger partial charge in [-0.15, -0.1) is 12.6 Å². The van der Waals surface area contributed by atoms with E-state index in [1.165, 1.54) is 13.8 Å². The molecule has 1 fully saturated rings. The summed E-state index contributed by atoms with van der Waals surface area (Å²) in [5, 5.41) is 10.4. The predicted octanol–water partition coefficient (Wildman–Crippen LogP) is -0.0408. The first kappa shape index (κ1) is 19.8. The van der Waals surface area contributed by atoms with Crippen LogP contribution in [0.4, 0.5) is 0 Å². The van der Waals surface area contributed by atoms with Crippen LogP contribution in [-0.4, -0.2) is 57.3 Å². The van der Waals surface area contributed by atoms with Crippen LogP contribution in [0.15, 0.2) is 0 Å². The highest BCUT2D eigenvalue weighted by atomic mass is 32.1. The largest absolute Gasteiger partial charge is 0.480 e. The number of nitrogens with zero attached hydrogens (tertiary/aromatic N) is 1. The quantitative estimate of drug-likeness (QED) is 0.539. The molecule has 2 N–H and O–H groups in total. The van der Waals surface area contributed by atoms with Crippen LogP contribution < -0.4 is 5.32 Å². The Bertz CT molecular complexity index is 396. The number of likely N-dealkylation sites (tertiary alicyclic amines) is 1. The second-order valence-corrected chi connectivity index (χ2v) is 5.29. The molecule has 9 heteroatoms. The van der Waals surface area contributed by atoms with Gasteiger partial charge in [0.1, 0.15) is 12.1 Å². The van der Waals surface area contributed by atoms with Crippen molar-refractivity contribution in [2.75, 3.05) is 12.3 Å². The number of thiol groups is 2. The Morgan fingerprint density at radius 3 is 2.14 bits per heavy atom. The normalized spacial score (nSPS) is 18.3. The number of nitrogens with one attached hydrogen (secondary N) is 1. The lowest BCUT2D eigenvalue weighted by molar-refractivity contribution is -0.140. The van der Waals surface area contributed by atoms with E-state index in [1.54, 1.807) is 4.90 Å². The highest BCUT2D eigenvalue weighted by Gasteiger charge is 2.30. The molecule has 0 aromatic heterocycles. The topological polar surface area (TPSA) is 104 Å². The molecule has 1 rings (SSSR count). The van der Waals surface area contributed by atoms with Crippen LogP contribution in [0.5, 0.6) is 0 Å². The first-order valence-electron chi connectivity index (χ1n) is 6.31. The number of amides is 2. The fourth-order valence-corrected chi connectivity index (χ4v) is 2.35. The monoisotopic (exact) mass is 336 g/mol. The molecule has 0 radical (unpaired) electrons. The van der Waals surface area contributed by atoms with E-state index in [9.17, 15) is 19.2 Å². The molecule has 0 bridgehead atoms. The lowest BCUT2D eigenvalue weighted by atomic mass is 10.2. The Morgan fingerprint density at radius 2 is 1.90 bits per heavy atom. The summed E-state index contributed by atoms with van der Waals surface area (Å²) in [5.41, 5.74) is 0. The summed E-state index contributed by atoms with van der Waals surface area (Å²) in [7, 11) is 0. The second-order valence-electron chi connectivity index (χ2n) is 4.48. The van der Waals surface area contributed by atoms with Gasteiger partial charge in [-0.2, -0.15) is 12.6 Å². The third kappa shape index (κ3) is 7.37. The third-order valence-electron chi connectivity index (χ3n) is 2.80. The summed E-state index contributed by atoms with van der Waals surface area (Å²) in [6.45, 7) is 3.45. The summed E-state index contributed by atoms with van der Waals surface area (Å²) >= 11 is 7.45. The van der Waals surface area contributed by atoms with E-state index in [0.29, 0.717) is 6.54 Å². The summed E-state index contributed by atoms with van der Waals surface area (Å²) in [6, 6.07) is -1.14. The Hall–Kier alpha value is -1.22. The van der Waals surface area contributed by atoms with Crippen LogP contribution in [0.1, 0.15) is 26.7 Å². The van der Waals surface area contributed by atoms with Gasteiger partial charge in [0, 0.05) is 26.1 Å². The number of rotatable bonds is 4. The van der Waals surface area contributed by atoms with E-state index in [-0.39, 0.29) is 28.7 Å². The van der Waals surface area contributed by atoms with Crippen LogP contribution in [0.3, 0.4) is 0 Å². The van der Waals surface area contributed by atoms with Gasteiger partial charge in [0.2, 0.25) is 16.9 Å². The molecule has 0 aliphatic carbocycles. The van der Waals surface area contributed by atoms with Crippen molar-refractivity contribution in [3.8, 4) is 0 Å². The van der Waals surface area contributed by atoms with Gasteiger partial charge in [-0.1, -0.05) is 0 Å². The zero-order chi connectivity index (χ0) is 16.6. The van der Waals surface area contributed by atoms with E-state index in [4.69, 9.17) is 5.11 Å². The minimum atomic E-state index is -1.06. The van der Waals surface area contributed by atoms with Crippen molar-refractivity contribution in [3.05, 3.63) is 0 Å². The van der Waals surface area contributed by atoms with Crippen molar-refractivity contribution in [1.82, 2.24) is 10.2 Å². The second kappa shape index (κ2) is 9.67. The van der Waals surface area contributed by atoms with Gasteiger partial charge in [-0.05, 0) is 12.8 Å². The molecular weight excluding hydrogens is 316 g/mol. The molecule has 21 heavy (non-hydrogen) atoms. The number of carboxylic acids is 1. The smallest absolute Gasteiger partial charge is 0.327 e. The van der Waals surface area contributed by atoms with E-state index in [2.05, 4.69) is 30.6 Å². The summed E-state index contributed by atoms with van der Waals surface area (Å²) in [6.07, 6.45) is 1.68. The zero-order valence-corrected chi connectivity index (χ0v) is 13.7. The predicted molar refractivity (Wildman–Crippen MR) is 83.5 cm³/mol. The third-order valence-corrected chi connectivity index (χ3v) is 3.46. The average Bonchev–Trinajstić information content (AvgIpc) is 2.85. The fraction of sp³-hybridized carbons (Fsp3) is 0.667. The minimum Gasteiger partial charge on any atom is -0.480 e. The van der Waals surface area contributed by atoms with Crippen LogP contribution in [-0.2, 0) is 19.2 Å². The van der Waals surface area contributed by atoms with Gasteiger partial charge in [0.25, 0.3) is 0 Å². The Labute approximate surface area is 134 Å². The first-order chi connectivity index (χ1) is 9.70. The fourth-order valence-electron chi connectivity index (χ4n) is 1.83. The Kier molecular flexibility index (Phi) is 9.11. The van der Waals surface area contributed by atoms with E-state index in [0.717, 1.165) is 12.8 Å². The maximum atomic E-state index is 10.9. The molecule has 1 aliphatic heterocycles. The molecule has 0 spiro atoms. The van der Waals surface area contributed by atoms with Crippen molar-refractivity contribution in [3.63, 3.8) is 0 Å². The maximum Gasteiger partial charge on any atom is 0.327 e. The standard InChI is InChI=1S/C7H11NO2S.C5H9NO3S/c1-5(9)8-4-2-3-6(8)7(10)11;1-3(7)6-4(2-10)5(8)9/h6H,2-4H2,1H3,(H,10,11);4,10H,2H2,1H3,(H,6,7)(H,8,9)/t6-;4-/m00/s1. The lowest BCUT2D eigenvalue weighted by Gasteiger charge is -2.19. The van der Waals surface area contributed by atoms with Gasteiger partial charge in [0.15, 0.2) is 0 Å². The first-order valence-corrected chi connectivity index (χ1v) is 7.39. The number of carbonyl (C=O) groups excluding carboxylic acids is 3. The zero-order valence-electron chi connectivity index (χ0n) is 11.9. The van der Waals surface area contributed by atoms with Crippen LogP contribution in [0.25, 0.3) is 0 Å². The number of hydrogen-bond acceptors (Lipinski definition) is 5. The van der Waals surface area contributed by atoms with Gasteiger partial charge in [0.05, 0.1) is 0 Å². The molecule has 0 saturated carbocycles. The Morgan fingerprint density at radius 1 is 1.33 bits per heavy atom. The number of carbonyl (C=O) groups is 4.